The maximum absolute atomic E-state index is 11.8. The van der Waals surface area contributed by atoms with Gasteiger partial charge in [-0.25, -0.2) is 4.79 Å². The standard InChI is InChI=1S/C34H36O3/c1-2-36-33(35)14-11-24-9-6-10-29(18-24)30-12-13-32(37-23-25-7-4-3-5-8-25)31(19-30)34-20-26-15-27(21-34)17-28(16-26)22-34/h3-14,18-19,26-28H,2,15-17,20-23H2,1H3. The van der Waals surface area contributed by atoms with E-state index in [-0.39, 0.29) is 11.4 Å². The van der Waals surface area contributed by atoms with Gasteiger partial charge in [0, 0.05) is 11.6 Å². The number of esters is 1. The lowest BCUT2D eigenvalue weighted by molar-refractivity contribution is -0.137. The molecular weight excluding hydrogens is 456 g/mol. The van der Waals surface area contributed by atoms with Crippen LogP contribution in [-0.4, -0.2) is 12.6 Å². The summed E-state index contributed by atoms with van der Waals surface area (Å²) in [5.74, 6) is 3.35. The van der Waals surface area contributed by atoms with E-state index in [4.69, 9.17) is 9.47 Å². The van der Waals surface area contributed by atoms with Crippen molar-refractivity contribution < 1.29 is 14.3 Å². The molecule has 0 saturated heterocycles. The molecule has 4 aliphatic carbocycles. The van der Waals surface area contributed by atoms with Crippen molar-refractivity contribution in [2.45, 2.75) is 57.5 Å². The first-order chi connectivity index (χ1) is 18.1. The van der Waals surface area contributed by atoms with E-state index in [9.17, 15) is 4.79 Å². The number of carbonyl (C=O) groups is 1. The van der Waals surface area contributed by atoms with E-state index < -0.39 is 0 Å². The van der Waals surface area contributed by atoms with E-state index in [1.54, 1.807) is 0 Å². The van der Waals surface area contributed by atoms with Gasteiger partial charge in [-0.1, -0.05) is 54.6 Å². The zero-order valence-electron chi connectivity index (χ0n) is 21.7. The molecule has 0 aliphatic heterocycles. The summed E-state index contributed by atoms with van der Waals surface area (Å²) in [7, 11) is 0. The fraction of sp³-hybridized carbons (Fsp3) is 0.382. The minimum Gasteiger partial charge on any atom is -0.489 e. The van der Waals surface area contributed by atoms with Crippen LogP contribution in [-0.2, 0) is 21.6 Å². The first-order valence-corrected chi connectivity index (χ1v) is 13.9. The minimum absolute atomic E-state index is 0.234. The monoisotopic (exact) mass is 492 g/mol. The van der Waals surface area contributed by atoms with Crippen molar-refractivity contribution in [3.63, 3.8) is 0 Å². The van der Waals surface area contributed by atoms with Crippen LogP contribution in [0.15, 0.2) is 78.9 Å². The predicted molar refractivity (Wildman–Crippen MR) is 148 cm³/mol. The Balaban J connectivity index is 1.34. The highest BCUT2D eigenvalue weighted by Crippen LogP contribution is 2.62. The molecule has 3 nitrogen and oxygen atoms in total. The Morgan fingerprint density at radius 3 is 2.27 bits per heavy atom. The summed E-state index contributed by atoms with van der Waals surface area (Å²) < 4.78 is 11.6. The first kappa shape index (κ1) is 24.0. The highest BCUT2D eigenvalue weighted by molar-refractivity contribution is 5.87. The van der Waals surface area contributed by atoms with Gasteiger partial charge < -0.3 is 9.47 Å². The average molecular weight is 493 g/mol. The van der Waals surface area contributed by atoms with Crippen LogP contribution in [0.3, 0.4) is 0 Å². The van der Waals surface area contributed by atoms with Crippen LogP contribution in [0.4, 0.5) is 0 Å². The summed E-state index contributed by atoms with van der Waals surface area (Å²) in [5, 5.41) is 0. The molecular formula is C34H36O3. The zero-order chi connectivity index (χ0) is 25.2. The SMILES string of the molecule is CCOC(=O)C=Cc1cccc(-c2ccc(OCc3ccccc3)c(C34CC5CC(CC(C5)C3)C4)c2)c1. The molecule has 4 saturated carbocycles. The largest absolute Gasteiger partial charge is 0.489 e. The Bertz CT molecular complexity index is 1250. The molecule has 3 aromatic carbocycles. The quantitative estimate of drug-likeness (QED) is 0.236. The molecule has 4 aliphatic rings. The molecule has 0 radical (unpaired) electrons. The molecule has 4 bridgehead atoms. The van der Waals surface area contributed by atoms with Crippen molar-refractivity contribution in [2.24, 2.45) is 17.8 Å². The maximum Gasteiger partial charge on any atom is 0.330 e. The van der Waals surface area contributed by atoms with Crippen LogP contribution in [0.25, 0.3) is 17.2 Å². The van der Waals surface area contributed by atoms with Crippen molar-refractivity contribution in [3.8, 4) is 16.9 Å². The second-order valence-electron chi connectivity index (χ2n) is 11.4. The highest BCUT2D eigenvalue weighted by Gasteiger charge is 2.52. The summed E-state index contributed by atoms with van der Waals surface area (Å²) in [6, 6.07) is 25.7. The number of benzene rings is 3. The second-order valence-corrected chi connectivity index (χ2v) is 11.4. The van der Waals surface area contributed by atoms with Crippen LogP contribution in [0, 0.1) is 17.8 Å². The average Bonchev–Trinajstić information content (AvgIpc) is 2.91. The number of carbonyl (C=O) groups excluding carboxylic acids is 1. The van der Waals surface area contributed by atoms with Gasteiger partial charge in [-0.3, -0.25) is 0 Å². The van der Waals surface area contributed by atoms with Gasteiger partial charge in [-0.2, -0.15) is 0 Å². The summed E-state index contributed by atoms with van der Waals surface area (Å²) in [5.41, 5.74) is 6.21. The van der Waals surface area contributed by atoms with Crippen molar-refractivity contribution >= 4 is 12.0 Å². The molecule has 4 fully saturated rings. The van der Waals surface area contributed by atoms with Crippen LogP contribution >= 0.6 is 0 Å². The van der Waals surface area contributed by atoms with Crippen molar-refractivity contribution in [2.75, 3.05) is 6.61 Å². The second kappa shape index (κ2) is 10.2. The lowest BCUT2D eigenvalue weighted by Gasteiger charge is -2.57. The van der Waals surface area contributed by atoms with Gasteiger partial charge >= 0.3 is 5.97 Å². The first-order valence-electron chi connectivity index (χ1n) is 13.9. The Hall–Kier alpha value is -3.33. The van der Waals surface area contributed by atoms with Crippen LogP contribution in [0.1, 0.15) is 62.1 Å². The van der Waals surface area contributed by atoms with Gasteiger partial charge in [0.25, 0.3) is 0 Å². The molecule has 3 aromatic rings. The molecule has 0 N–H and O–H groups in total. The molecule has 0 atom stereocenters. The van der Waals surface area contributed by atoms with Crippen molar-refractivity contribution in [3.05, 3.63) is 95.6 Å². The third-order valence-electron chi connectivity index (χ3n) is 8.74. The molecule has 3 heteroatoms. The molecule has 190 valence electrons. The molecule has 0 spiro atoms. The highest BCUT2D eigenvalue weighted by atomic mass is 16.5. The van der Waals surface area contributed by atoms with Crippen LogP contribution in [0.5, 0.6) is 5.75 Å². The van der Waals surface area contributed by atoms with Gasteiger partial charge in [0.1, 0.15) is 12.4 Å². The van der Waals surface area contributed by atoms with Crippen LogP contribution in [0.2, 0.25) is 0 Å². The van der Waals surface area contributed by atoms with Crippen molar-refractivity contribution in [1.82, 2.24) is 0 Å². The lowest BCUT2D eigenvalue weighted by atomic mass is 9.48. The summed E-state index contributed by atoms with van der Waals surface area (Å²) >= 11 is 0. The Morgan fingerprint density at radius 1 is 0.865 bits per heavy atom. The minimum atomic E-state index is -0.308. The summed E-state index contributed by atoms with van der Waals surface area (Å²) in [6.45, 7) is 2.80. The normalized spacial score (nSPS) is 25.9. The third-order valence-corrected chi connectivity index (χ3v) is 8.74. The zero-order valence-corrected chi connectivity index (χ0v) is 21.7. The van der Waals surface area contributed by atoms with Gasteiger partial charge in [-0.15, -0.1) is 0 Å². The Kier molecular flexibility index (Phi) is 6.63. The molecule has 7 rings (SSSR count). The fourth-order valence-corrected chi connectivity index (χ4v) is 7.60. The number of hydrogen-bond donors (Lipinski definition) is 0. The predicted octanol–water partition coefficient (Wildman–Crippen LogP) is 7.98. The Morgan fingerprint density at radius 2 is 1.57 bits per heavy atom. The van der Waals surface area contributed by atoms with Crippen molar-refractivity contribution in [1.29, 1.82) is 0 Å². The molecule has 0 heterocycles. The maximum atomic E-state index is 11.8. The van der Waals surface area contributed by atoms with E-state index in [1.807, 2.05) is 19.1 Å². The fourth-order valence-electron chi connectivity index (χ4n) is 7.60. The Labute approximate surface area is 220 Å². The van der Waals surface area contributed by atoms with E-state index in [0.717, 1.165) is 34.6 Å². The van der Waals surface area contributed by atoms with Gasteiger partial charge in [0.05, 0.1) is 6.61 Å². The smallest absolute Gasteiger partial charge is 0.330 e. The number of ether oxygens (including phenoxy) is 2. The van der Waals surface area contributed by atoms with Crippen LogP contribution < -0.4 is 4.74 Å². The number of rotatable bonds is 8. The molecule has 0 aromatic heterocycles. The third kappa shape index (κ3) is 5.09. The molecule has 0 unspecified atom stereocenters. The van der Waals surface area contributed by atoms with Gasteiger partial charge in [0.15, 0.2) is 0 Å². The lowest BCUT2D eigenvalue weighted by Crippen LogP contribution is -2.48. The van der Waals surface area contributed by atoms with E-state index in [2.05, 4.69) is 66.7 Å². The van der Waals surface area contributed by atoms with Gasteiger partial charge in [-0.05, 0) is 115 Å². The number of hydrogen-bond acceptors (Lipinski definition) is 3. The van der Waals surface area contributed by atoms with E-state index in [0.29, 0.717) is 13.2 Å². The van der Waals surface area contributed by atoms with Gasteiger partial charge in [0.2, 0.25) is 0 Å². The molecule has 0 amide bonds. The summed E-state index contributed by atoms with van der Waals surface area (Å²) in [4.78, 5) is 11.8. The van der Waals surface area contributed by atoms with E-state index in [1.165, 1.54) is 61.3 Å². The van der Waals surface area contributed by atoms with E-state index >= 15 is 0 Å². The summed E-state index contributed by atoms with van der Waals surface area (Å²) in [6.07, 6.45) is 11.5. The molecule has 37 heavy (non-hydrogen) atoms. The topological polar surface area (TPSA) is 35.5 Å².